The average Bonchev–Trinajstić information content (AvgIpc) is 3.07. The van der Waals surface area contributed by atoms with Crippen LogP contribution in [0.5, 0.6) is 0 Å². The fraction of sp³-hybridized carbons (Fsp3) is 0.391. The Hall–Kier alpha value is -2.37. The lowest BCUT2D eigenvalue weighted by Crippen LogP contribution is -2.51. The van der Waals surface area contributed by atoms with E-state index in [0.717, 1.165) is 31.5 Å². The van der Waals surface area contributed by atoms with Gasteiger partial charge in [-0.1, -0.05) is 48.5 Å². The highest BCUT2D eigenvalue weighted by molar-refractivity contribution is 5.97. The average molecular weight is 414 g/mol. The minimum atomic E-state index is -0.563. The fourth-order valence-corrected chi connectivity index (χ4v) is 4.24. The van der Waals surface area contributed by atoms with Gasteiger partial charge >= 0.3 is 0 Å². The van der Waals surface area contributed by atoms with Crippen molar-refractivity contribution < 1.29 is 9.59 Å². The molecule has 2 fully saturated rings. The van der Waals surface area contributed by atoms with E-state index in [9.17, 15) is 9.59 Å². The van der Waals surface area contributed by atoms with Crippen molar-refractivity contribution in [1.82, 2.24) is 15.5 Å². The largest absolute Gasteiger partial charge is 0.340 e. The molecule has 29 heavy (non-hydrogen) atoms. The van der Waals surface area contributed by atoms with E-state index in [4.69, 9.17) is 0 Å². The van der Waals surface area contributed by atoms with Crippen LogP contribution in [0.3, 0.4) is 0 Å². The van der Waals surface area contributed by atoms with Crippen LogP contribution in [0.4, 0.5) is 0 Å². The van der Waals surface area contributed by atoms with E-state index in [1.807, 2.05) is 53.4 Å². The van der Waals surface area contributed by atoms with E-state index in [2.05, 4.69) is 10.6 Å². The predicted octanol–water partition coefficient (Wildman–Crippen LogP) is 2.80. The summed E-state index contributed by atoms with van der Waals surface area (Å²) in [4.78, 5) is 28.1. The number of nitrogens with one attached hydrogen (secondary N) is 2. The van der Waals surface area contributed by atoms with Crippen molar-refractivity contribution in [3.8, 4) is 0 Å². The van der Waals surface area contributed by atoms with Crippen LogP contribution >= 0.6 is 12.4 Å². The first-order valence-corrected chi connectivity index (χ1v) is 10.1. The van der Waals surface area contributed by atoms with E-state index in [-0.39, 0.29) is 24.2 Å². The summed E-state index contributed by atoms with van der Waals surface area (Å²) in [6.07, 6.45) is 3.79. The van der Waals surface area contributed by atoms with Crippen molar-refractivity contribution in [2.45, 2.75) is 43.8 Å². The maximum Gasteiger partial charge on any atom is 0.251 e. The highest BCUT2D eigenvalue weighted by Crippen LogP contribution is 2.21. The van der Waals surface area contributed by atoms with E-state index in [1.54, 1.807) is 12.1 Å². The van der Waals surface area contributed by atoms with E-state index in [0.29, 0.717) is 24.1 Å². The number of carbonyl (C=O) groups excluding carboxylic acids is 2. The van der Waals surface area contributed by atoms with Crippen molar-refractivity contribution in [2.75, 3.05) is 13.1 Å². The molecule has 2 amide bonds. The second-order valence-electron chi connectivity index (χ2n) is 7.79. The molecule has 154 valence electrons. The van der Waals surface area contributed by atoms with E-state index >= 15 is 0 Å². The maximum atomic E-state index is 13.4. The van der Waals surface area contributed by atoms with Gasteiger partial charge in [0.2, 0.25) is 5.91 Å². The Morgan fingerprint density at radius 3 is 2.34 bits per heavy atom. The monoisotopic (exact) mass is 413 g/mol. The van der Waals surface area contributed by atoms with Crippen LogP contribution in [0, 0.1) is 0 Å². The summed E-state index contributed by atoms with van der Waals surface area (Å²) in [5.41, 5.74) is 1.62. The third-order valence-corrected chi connectivity index (χ3v) is 5.76. The number of fused-ring (bicyclic) bond motifs is 2. The molecule has 3 atom stereocenters. The van der Waals surface area contributed by atoms with Gasteiger partial charge in [0, 0.05) is 37.2 Å². The lowest BCUT2D eigenvalue weighted by Gasteiger charge is -2.29. The number of amides is 2. The van der Waals surface area contributed by atoms with Crippen LogP contribution in [0.1, 0.15) is 35.2 Å². The van der Waals surface area contributed by atoms with Crippen molar-refractivity contribution in [3.63, 3.8) is 0 Å². The van der Waals surface area contributed by atoms with Gasteiger partial charge in [0.25, 0.3) is 5.91 Å². The summed E-state index contributed by atoms with van der Waals surface area (Å²) < 4.78 is 0. The summed E-state index contributed by atoms with van der Waals surface area (Å²) in [6.45, 7) is 1.47. The highest BCUT2D eigenvalue weighted by atomic mass is 35.5. The SMILES string of the molecule is Cl.O=C(NC(Cc1ccccc1)C(=O)N1CCC2CCC(C1)N2)c1ccccc1. The van der Waals surface area contributed by atoms with Crippen molar-refractivity contribution in [2.24, 2.45) is 0 Å². The van der Waals surface area contributed by atoms with Gasteiger partial charge < -0.3 is 15.5 Å². The molecular formula is C23H28ClN3O2. The normalized spacial score (nSPS) is 21.6. The van der Waals surface area contributed by atoms with Crippen molar-refractivity contribution in [3.05, 3.63) is 71.8 Å². The standard InChI is InChI=1S/C23H27N3O2.ClH/c27-22(18-9-5-2-6-10-18)25-21(15-17-7-3-1-4-8-17)23(28)26-14-13-19-11-12-20(16-26)24-19;/h1-10,19-21,24H,11-16H2,(H,25,27);1H. The molecular weight excluding hydrogens is 386 g/mol. The Bertz CT molecular complexity index is 815. The number of benzene rings is 2. The molecule has 2 saturated heterocycles. The summed E-state index contributed by atoms with van der Waals surface area (Å²) in [5, 5.41) is 6.60. The first-order valence-electron chi connectivity index (χ1n) is 10.1. The van der Waals surface area contributed by atoms with E-state index < -0.39 is 6.04 Å². The van der Waals surface area contributed by atoms with Crippen molar-refractivity contribution >= 4 is 24.2 Å². The van der Waals surface area contributed by atoms with Crippen LogP contribution in [0.2, 0.25) is 0 Å². The third kappa shape index (κ3) is 5.37. The Morgan fingerprint density at radius 2 is 1.62 bits per heavy atom. The summed E-state index contributed by atoms with van der Waals surface area (Å²) in [5.74, 6) is -0.188. The fourth-order valence-electron chi connectivity index (χ4n) is 4.24. The second-order valence-corrected chi connectivity index (χ2v) is 7.79. The van der Waals surface area contributed by atoms with Crippen molar-refractivity contribution in [1.29, 1.82) is 0 Å². The third-order valence-electron chi connectivity index (χ3n) is 5.76. The van der Waals surface area contributed by atoms with E-state index in [1.165, 1.54) is 6.42 Å². The summed E-state index contributed by atoms with van der Waals surface area (Å²) in [6, 6.07) is 19.3. The van der Waals surface area contributed by atoms with Gasteiger partial charge in [0.15, 0.2) is 0 Å². The smallest absolute Gasteiger partial charge is 0.251 e. The number of halogens is 1. The molecule has 6 heteroatoms. The molecule has 2 aliphatic heterocycles. The number of carbonyl (C=O) groups is 2. The zero-order chi connectivity index (χ0) is 19.3. The number of nitrogens with zero attached hydrogens (tertiary/aromatic N) is 1. The quantitative estimate of drug-likeness (QED) is 0.792. The molecule has 2 aliphatic rings. The Kier molecular flexibility index (Phi) is 7.29. The van der Waals surface area contributed by atoms with Crippen LogP contribution in [0.15, 0.2) is 60.7 Å². The van der Waals surface area contributed by atoms with Gasteiger partial charge in [-0.2, -0.15) is 0 Å². The molecule has 2 heterocycles. The topological polar surface area (TPSA) is 61.4 Å². The molecule has 5 nitrogen and oxygen atoms in total. The molecule has 2 bridgehead atoms. The minimum absolute atomic E-state index is 0. The lowest BCUT2D eigenvalue weighted by atomic mass is 10.0. The van der Waals surface area contributed by atoms with Crippen LogP contribution in [0.25, 0.3) is 0 Å². The lowest BCUT2D eigenvalue weighted by molar-refractivity contribution is -0.133. The Labute approximate surface area is 178 Å². The minimum Gasteiger partial charge on any atom is -0.340 e. The second kappa shape index (κ2) is 9.90. The number of rotatable bonds is 5. The summed E-state index contributed by atoms with van der Waals surface area (Å²) >= 11 is 0. The van der Waals surface area contributed by atoms with Crippen LogP contribution < -0.4 is 10.6 Å². The molecule has 0 aromatic heterocycles. The molecule has 2 N–H and O–H groups in total. The van der Waals surface area contributed by atoms with Gasteiger partial charge in [-0.15, -0.1) is 12.4 Å². The Balaban J connectivity index is 0.00000240. The Morgan fingerprint density at radius 1 is 0.966 bits per heavy atom. The predicted molar refractivity (Wildman–Crippen MR) is 116 cm³/mol. The highest BCUT2D eigenvalue weighted by Gasteiger charge is 2.34. The van der Waals surface area contributed by atoms with Gasteiger partial charge in [0.1, 0.15) is 6.04 Å². The van der Waals surface area contributed by atoms with Gasteiger partial charge in [-0.25, -0.2) is 0 Å². The van der Waals surface area contributed by atoms with Crippen LogP contribution in [-0.4, -0.2) is 47.9 Å². The zero-order valence-corrected chi connectivity index (χ0v) is 17.2. The molecule has 2 aromatic carbocycles. The molecule has 2 aromatic rings. The molecule has 0 spiro atoms. The molecule has 3 unspecified atom stereocenters. The molecule has 0 saturated carbocycles. The number of likely N-dealkylation sites (tertiary alicyclic amines) is 1. The zero-order valence-electron chi connectivity index (χ0n) is 16.4. The van der Waals surface area contributed by atoms with Gasteiger partial charge in [-0.3, -0.25) is 9.59 Å². The van der Waals surface area contributed by atoms with Gasteiger partial charge in [-0.05, 0) is 37.0 Å². The number of hydrogen-bond acceptors (Lipinski definition) is 3. The van der Waals surface area contributed by atoms with Crippen LogP contribution in [-0.2, 0) is 11.2 Å². The first kappa shape index (κ1) is 21.3. The van der Waals surface area contributed by atoms with Gasteiger partial charge in [0.05, 0.1) is 0 Å². The molecule has 0 aliphatic carbocycles. The molecule has 0 radical (unpaired) electrons. The molecule has 4 rings (SSSR count). The number of hydrogen-bond donors (Lipinski definition) is 2. The first-order chi connectivity index (χ1) is 13.7. The summed E-state index contributed by atoms with van der Waals surface area (Å²) in [7, 11) is 0. The maximum absolute atomic E-state index is 13.4.